The van der Waals surface area contributed by atoms with Crippen LogP contribution >= 0.6 is 22.6 Å². The third-order valence-electron chi connectivity index (χ3n) is 1.78. The fourth-order valence-electron chi connectivity index (χ4n) is 1.08. The van der Waals surface area contributed by atoms with Gasteiger partial charge in [0, 0.05) is 22.0 Å². The van der Waals surface area contributed by atoms with E-state index in [1.54, 1.807) is 36.7 Å². The van der Waals surface area contributed by atoms with Gasteiger partial charge in [0.1, 0.15) is 17.3 Å². The molecule has 76 valence electrons. The van der Waals surface area contributed by atoms with Gasteiger partial charge in [-0.05, 0) is 46.9 Å². The Morgan fingerprint density at radius 3 is 2.47 bits per heavy atom. The molecule has 1 aromatic carbocycles. The minimum atomic E-state index is -0.276. The average Bonchev–Trinajstić information content (AvgIpc) is 2.25. The summed E-state index contributed by atoms with van der Waals surface area (Å²) in [6.45, 7) is 0. The van der Waals surface area contributed by atoms with E-state index in [0.717, 1.165) is 0 Å². The zero-order valence-corrected chi connectivity index (χ0v) is 9.81. The van der Waals surface area contributed by atoms with Gasteiger partial charge >= 0.3 is 0 Å². The lowest BCUT2D eigenvalue weighted by atomic mass is 10.3. The number of ether oxygens (including phenoxy) is 1. The van der Waals surface area contributed by atoms with Crippen molar-refractivity contribution in [1.29, 1.82) is 0 Å². The number of halogens is 2. The molecular weight excluding hydrogens is 308 g/mol. The molecule has 0 radical (unpaired) electrons. The molecule has 2 rings (SSSR count). The highest BCUT2D eigenvalue weighted by atomic mass is 127. The number of nitrogens with zero attached hydrogens (tertiary/aromatic N) is 1. The predicted molar refractivity (Wildman–Crippen MR) is 63.4 cm³/mol. The molecule has 0 saturated heterocycles. The van der Waals surface area contributed by atoms with Crippen LogP contribution in [0.15, 0.2) is 42.7 Å². The predicted octanol–water partition coefficient (Wildman–Crippen LogP) is 3.62. The van der Waals surface area contributed by atoms with Crippen molar-refractivity contribution < 1.29 is 9.13 Å². The minimum absolute atomic E-state index is 0.276. The Bertz CT molecular complexity index is 461. The smallest absolute Gasteiger partial charge is 0.140 e. The molecule has 0 spiro atoms. The van der Waals surface area contributed by atoms with Crippen molar-refractivity contribution >= 4 is 22.6 Å². The first kappa shape index (κ1) is 10.4. The summed E-state index contributed by atoms with van der Waals surface area (Å²) in [6, 6.07) is 8.20. The van der Waals surface area contributed by atoms with Crippen LogP contribution in [-0.2, 0) is 0 Å². The lowest BCUT2D eigenvalue weighted by Crippen LogP contribution is -1.87. The maximum atomic E-state index is 13.2. The Hall–Kier alpha value is -1.17. The van der Waals surface area contributed by atoms with Crippen LogP contribution in [0, 0.1) is 9.39 Å². The van der Waals surface area contributed by atoms with E-state index >= 15 is 0 Å². The molecular formula is C11H7FINO. The van der Waals surface area contributed by atoms with Gasteiger partial charge in [0.15, 0.2) is 0 Å². The van der Waals surface area contributed by atoms with Crippen LogP contribution in [-0.4, -0.2) is 4.98 Å². The molecule has 1 aromatic heterocycles. The molecule has 1 heterocycles. The van der Waals surface area contributed by atoms with Crippen LogP contribution in [0.25, 0.3) is 0 Å². The van der Waals surface area contributed by atoms with E-state index in [9.17, 15) is 4.39 Å². The summed E-state index contributed by atoms with van der Waals surface area (Å²) in [4.78, 5) is 3.86. The molecule has 0 aliphatic carbocycles. The fourth-order valence-corrected chi connectivity index (χ4v) is 1.42. The van der Waals surface area contributed by atoms with Crippen LogP contribution in [0.4, 0.5) is 4.39 Å². The Balaban J connectivity index is 2.22. The minimum Gasteiger partial charge on any atom is -0.457 e. The molecule has 0 amide bonds. The van der Waals surface area contributed by atoms with Gasteiger partial charge in [-0.3, -0.25) is 4.98 Å². The molecule has 2 aromatic rings. The molecule has 0 saturated carbocycles. The second-order valence-electron chi connectivity index (χ2n) is 2.86. The molecule has 0 N–H and O–H groups in total. The standard InChI is InChI=1S/C11H7FINO/c12-10-7-9(1-2-11(10)13)15-8-3-5-14-6-4-8/h1-7H. The quantitative estimate of drug-likeness (QED) is 0.790. The Morgan fingerprint density at radius 1 is 1.07 bits per heavy atom. The van der Waals surface area contributed by atoms with Gasteiger partial charge in [0.25, 0.3) is 0 Å². The van der Waals surface area contributed by atoms with Crippen LogP contribution in [0.5, 0.6) is 11.5 Å². The Morgan fingerprint density at radius 2 is 1.80 bits per heavy atom. The largest absolute Gasteiger partial charge is 0.457 e. The maximum Gasteiger partial charge on any atom is 0.140 e. The maximum absolute atomic E-state index is 13.2. The van der Waals surface area contributed by atoms with E-state index in [-0.39, 0.29) is 5.82 Å². The number of aromatic nitrogens is 1. The number of rotatable bonds is 2. The molecule has 0 atom stereocenters. The summed E-state index contributed by atoms with van der Waals surface area (Å²) < 4.78 is 19.2. The van der Waals surface area contributed by atoms with E-state index < -0.39 is 0 Å². The second kappa shape index (κ2) is 4.57. The third kappa shape index (κ3) is 2.65. The fraction of sp³-hybridized carbons (Fsp3) is 0. The molecule has 15 heavy (non-hydrogen) atoms. The highest BCUT2D eigenvalue weighted by Crippen LogP contribution is 2.23. The van der Waals surface area contributed by atoms with Gasteiger partial charge in [-0.15, -0.1) is 0 Å². The number of pyridine rings is 1. The van der Waals surface area contributed by atoms with Gasteiger partial charge in [-0.25, -0.2) is 4.39 Å². The number of hydrogen-bond donors (Lipinski definition) is 0. The van der Waals surface area contributed by atoms with E-state index in [2.05, 4.69) is 4.98 Å². The van der Waals surface area contributed by atoms with E-state index in [0.29, 0.717) is 15.1 Å². The summed E-state index contributed by atoms with van der Waals surface area (Å²) in [6.07, 6.45) is 3.25. The summed E-state index contributed by atoms with van der Waals surface area (Å²) in [5, 5.41) is 0. The summed E-state index contributed by atoms with van der Waals surface area (Å²) in [5.41, 5.74) is 0. The van der Waals surface area contributed by atoms with Gasteiger partial charge in [0.2, 0.25) is 0 Å². The lowest BCUT2D eigenvalue weighted by Gasteiger charge is -2.05. The first-order chi connectivity index (χ1) is 7.25. The summed E-state index contributed by atoms with van der Waals surface area (Å²) in [5.74, 6) is 0.854. The normalized spacial score (nSPS) is 10.0. The van der Waals surface area contributed by atoms with Crippen LogP contribution in [0.2, 0.25) is 0 Å². The topological polar surface area (TPSA) is 22.1 Å². The van der Waals surface area contributed by atoms with Crippen LogP contribution in [0.1, 0.15) is 0 Å². The lowest BCUT2D eigenvalue weighted by molar-refractivity contribution is 0.475. The highest BCUT2D eigenvalue weighted by Gasteiger charge is 2.02. The highest BCUT2D eigenvalue weighted by molar-refractivity contribution is 14.1. The molecule has 0 unspecified atom stereocenters. The second-order valence-corrected chi connectivity index (χ2v) is 4.02. The SMILES string of the molecule is Fc1cc(Oc2ccncc2)ccc1I. The first-order valence-electron chi connectivity index (χ1n) is 4.28. The van der Waals surface area contributed by atoms with Gasteiger partial charge in [-0.2, -0.15) is 0 Å². The van der Waals surface area contributed by atoms with Crippen molar-refractivity contribution in [1.82, 2.24) is 4.98 Å². The van der Waals surface area contributed by atoms with Gasteiger partial charge < -0.3 is 4.74 Å². The van der Waals surface area contributed by atoms with Gasteiger partial charge in [-0.1, -0.05) is 0 Å². The monoisotopic (exact) mass is 315 g/mol. The zero-order chi connectivity index (χ0) is 10.7. The van der Waals surface area contributed by atoms with Crippen molar-refractivity contribution in [2.75, 3.05) is 0 Å². The molecule has 0 fully saturated rings. The third-order valence-corrected chi connectivity index (χ3v) is 2.65. The van der Waals surface area contributed by atoms with Crippen molar-refractivity contribution in [3.63, 3.8) is 0 Å². The molecule has 0 bridgehead atoms. The van der Waals surface area contributed by atoms with Crippen molar-refractivity contribution in [3.8, 4) is 11.5 Å². The summed E-state index contributed by atoms with van der Waals surface area (Å²) in [7, 11) is 0. The molecule has 0 aliphatic heterocycles. The first-order valence-corrected chi connectivity index (χ1v) is 5.36. The average molecular weight is 315 g/mol. The van der Waals surface area contributed by atoms with Crippen molar-refractivity contribution in [2.45, 2.75) is 0 Å². The van der Waals surface area contributed by atoms with Crippen molar-refractivity contribution in [3.05, 3.63) is 52.1 Å². The zero-order valence-electron chi connectivity index (χ0n) is 7.65. The molecule has 2 nitrogen and oxygen atoms in total. The summed E-state index contributed by atoms with van der Waals surface area (Å²) >= 11 is 1.93. The molecule has 4 heteroatoms. The molecule has 0 aliphatic rings. The van der Waals surface area contributed by atoms with E-state index in [1.807, 2.05) is 22.6 Å². The number of hydrogen-bond acceptors (Lipinski definition) is 2. The van der Waals surface area contributed by atoms with E-state index in [4.69, 9.17) is 4.74 Å². The van der Waals surface area contributed by atoms with E-state index in [1.165, 1.54) is 6.07 Å². The van der Waals surface area contributed by atoms with Gasteiger partial charge in [0.05, 0.1) is 0 Å². The Kier molecular flexibility index (Phi) is 3.15. The number of benzene rings is 1. The van der Waals surface area contributed by atoms with Crippen LogP contribution < -0.4 is 4.74 Å². The van der Waals surface area contributed by atoms with Crippen molar-refractivity contribution in [2.24, 2.45) is 0 Å². The Labute approximate surface area is 100 Å². The van der Waals surface area contributed by atoms with Crippen LogP contribution in [0.3, 0.4) is 0 Å².